The van der Waals surface area contributed by atoms with Gasteiger partial charge in [0.05, 0.1) is 18.6 Å². The van der Waals surface area contributed by atoms with Crippen LogP contribution in [0.5, 0.6) is 0 Å². The lowest BCUT2D eigenvalue weighted by molar-refractivity contribution is -0.150. The maximum Gasteiger partial charge on any atom is 0.326 e. The minimum atomic E-state index is -0.978. The van der Waals surface area contributed by atoms with Crippen molar-refractivity contribution in [2.24, 2.45) is 0 Å². The van der Waals surface area contributed by atoms with E-state index in [1.54, 1.807) is 6.33 Å². The Labute approximate surface area is 128 Å². The molecule has 1 atom stereocenters. The summed E-state index contributed by atoms with van der Waals surface area (Å²) in [4.78, 5) is 28.8. The van der Waals surface area contributed by atoms with Crippen LogP contribution in [0.1, 0.15) is 23.9 Å². The summed E-state index contributed by atoms with van der Waals surface area (Å²) in [5.41, 5.74) is 2.81. The average Bonchev–Trinajstić information content (AvgIpc) is 2.89. The summed E-state index contributed by atoms with van der Waals surface area (Å²) in [5, 5.41) is 9.38. The molecule has 1 aromatic heterocycles. The normalized spacial score (nSPS) is 17.1. The van der Waals surface area contributed by atoms with E-state index in [1.807, 2.05) is 34.9 Å². The Balaban J connectivity index is 1.90. The number of fused-ring (bicyclic) bond motifs is 1. The number of carboxylic acids is 1. The van der Waals surface area contributed by atoms with E-state index < -0.39 is 12.0 Å². The number of carboxylic acid groups (broad SMARTS) is 1. The molecule has 22 heavy (non-hydrogen) atoms. The van der Waals surface area contributed by atoms with Crippen LogP contribution < -0.4 is 0 Å². The van der Waals surface area contributed by atoms with E-state index in [9.17, 15) is 14.7 Å². The van der Waals surface area contributed by atoms with Gasteiger partial charge in [-0.05, 0) is 5.56 Å². The standard InChI is InChI=1S/C16H17N3O3/c1-11(20)19-9-13-14(7-15(19)16(21)22)18(10-17-13)8-12-5-3-2-4-6-12/h2-6,10,15H,7-9H2,1H3,(H,21,22). The van der Waals surface area contributed by atoms with E-state index in [0.717, 1.165) is 17.0 Å². The number of amides is 1. The Bertz CT molecular complexity index is 709. The van der Waals surface area contributed by atoms with Crippen molar-refractivity contribution in [1.82, 2.24) is 14.5 Å². The van der Waals surface area contributed by atoms with E-state index in [-0.39, 0.29) is 18.9 Å². The van der Waals surface area contributed by atoms with Crippen molar-refractivity contribution in [3.63, 3.8) is 0 Å². The number of aliphatic carboxylic acids is 1. The third-order valence-corrected chi connectivity index (χ3v) is 4.00. The fraction of sp³-hybridized carbons (Fsp3) is 0.312. The van der Waals surface area contributed by atoms with Crippen molar-refractivity contribution in [1.29, 1.82) is 0 Å². The van der Waals surface area contributed by atoms with Crippen LogP contribution in [0.25, 0.3) is 0 Å². The Morgan fingerprint density at radius 1 is 1.32 bits per heavy atom. The Hall–Kier alpha value is -2.63. The van der Waals surface area contributed by atoms with Gasteiger partial charge in [0.1, 0.15) is 6.04 Å². The second-order valence-corrected chi connectivity index (χ2v) is 5.46. The average molecular weight is 299 g/mol. The number of carbonyl (C=O) groups excluding carboxylic acids is 1. The molecule has 1 N–H and O–H groups in total. The monoisotopic (exact) mass is 299 g/mol. The van der Waals surface area contributed by atoms with E-state index >= 15 is 0 Å². The molecule has 0 saturated carbocycles. The van der Waals surface area contributed by atoms with E-state index in [1.165, 1.54) is 11.8 Å². The van der Waals surface area contributed by atoms with Gasteiger partial charge in [0.15, 0.2) is 0 Å². The molecule has 114 valence electrons. The number of rotatable bonds is 3. The SMILES string of the molecule is CC(=O)N1Cc2ncn(Cc3ccccc3)c2CC1C(=O)O. The number of hydrogen-bond donors (Lipinski definition) is 1. The lowest BCUT2D eigenvalue weighted by Gasteiger charge is -2.32. The first-order chi connectivity index (χ1) is 10.6. The van der Waals surface area contributed by atoms with Crippen LogP contribution in [0, 0.1) is 0 Å². The van der Waals surface area contributed by atoms with Gasteiger partial charge in [0.25, 0.3) is 0 Å². The number of nitrogens with zero attached hydrogens (tertiary/aromatic N) is 3. The topological polar surface area (TPSA) is 75.4 Å². The van der Waals surface area contributed by atoms with Gasteiger partial charge in [0, 0.05) is 25.6 Å². The van der Waals surface area contributed by atoms with Crippen molar-refractivity contribution in [3.05, 3.63) is 53.6 Å². The lowest BCUT2D eigenvalue weighted by Crippen LogP contribution is -2.48. The highest BCUT2D eigenvalue weighted by Gasteiger charge is 2.35. The number of aromatic nitrogens is 2. The molecule has 1 unspecified atom stereocenters. The van der Waals surface area contributed by atoms with E-state index in [2.05, 4.69) is 4.98 Å². The number of benzene rings is 1. The molecule has 1 aliphatic heterocycles. The highest BCUT2D eigenvalue weighted by atomic mass is 16.4. The third-order valence-electron chi connectivity index (χ3n) is 4.00. The molecule has 3 rings (SSSR count). The molecule has 2 aromatic rings. The number of imidazole rings is 1. The van der Waals surface area contributed by atoms with Crippen molar-refractivity contribution in [2.75, 3.05) is 0 Å². The molecule has 2 heterocycles. The molecule has 1 aliphatic rings. The summed E-state index contributed by atoms with van der Waals surface area (Å²) in [6.45, 7) is 2.29. The molecular weight excluding hydrogens is 282 g/mol. The molecule has 0 fully saturated rings. The van der Waals surface area contributed by atoms with E-state index in [0.29, 0.717) is 6.54 Å². The second kappa shape index (κ2) is 5.63. The number of hydrogen-bond acceptors (Lipinski definition) is 3. The van der Waals surface area contributed by atoms with Crippen LogP contribution >= 0.6 is 0 Å². The summed E-state index contributed by atoms with van der Waals surface area (Å²) in [6.07, 6.45) is 2.01. The van der Waals surface area contributed by atoms with Gasteiger partial charge in [-0.1, -0.05) is 30.3 Å². The van der Waals surface area contributed by atoms with Crippen LogP contribution in [0.15, 0.2) is 36.7 Å². The molecule has 0 bridgehead atoms. The molecule has 0 saturated heterocycles. The van der Waals surface area contributed by atoms with E-state index in [4.69, 9.17) is 0 Å². The van der Waals surface area contributed by atoms with Crippen LogP contribution in [0.2, 0.25) is 0 Å². The van der Waals surface area contributed by atoms with Gasteiger partial charge in [-0.2, -0.15) is 0 Å². The molecule has 0 aliphatic carbocycles. The van der Waals surface area contributed by atoms with Crippen molar-refractivity contribution >= 4 is 11.9 Å². The lowest BCUT2D eigenvalue weighted by atomic mass is 10.0. The summed E-state index contributed by atoms with van der Waals surface area (Å²) >= 11 is 0. The third kappa shape index (κ3) is 2.59. The van der Waals surface area contributed by atoms with Crippen molar-refractivity contribution in [2.45, 2.75) is 32.5 Å². The zero-order valence-corrected chi connectivity index (χ0v) is 12.3. The summed E-state index contributed by atoms with van der Waals surface area (Å²) < 4.78 is 1.97. The maximum absolute atomic E-state index is 11.6. The first kappa shape index (κ1) is 14.3. The molecule has 0 radical (unpaired) electrons. The highest BCUT2D eigenvalue weighted by molar-refractivity contribution is 5.83. The summed E-state index contributed by atoms with van der Waals surface area (Å²) in [5.74, 6) is -1.22. The first-order valence-corrected chi connectivity index (χ1v) is 7.13. The predicted molar refractivity (Wildman–Crippen MR) is 79.1 cm³/mol. The molecule has 0 spiro atoms. The zero-order chi connectivity index (χ0) is 15.7. The largest absolute Gasteiger partial charge is 0.480 e. The van der Waals surface area contributed by atoms with Gasteiger partial charge in [-0.15, -0.1) is 0 Å². The molecule has 6 heteroatoms. The maximum atomic E-state index is 11.6. The predicted octanol–water partition coefficient (Wildman–Crippen LogP) is 1.29. The zero-order valence-electron chi connectivity index (χ0n) is 12.3. The first-order valence-electron chi connectivity index (χ1n) is 7.13. The molecule has 6 nitrogen and oxygen atoms in total. The Morgan fingerprint density at radius 3 is 2.68 bits per heavy atom. The van der Waals surface area contributed by atoms with Crippen molar-refractivity contribution < 1.29 is 14.7 Å². The molecule has 1 aromatic carbocycles. The van der Waals surface area contributed by atoms with Crippen LogP contribution in [0.3, 0.4) is 0 Å². The smallest absolute Gasteiger partial charge is 0.326 e. The number of carbonyl (C=O) groups is 2. The minimum Gasteiger partial charge on any atom is -0.480 e. The summed E-state index contributed by atoms with van der Waals surface area (Å²) in [7, 11) is 0. The van der Waals surface area contributed by atoms with Gasteiger partial charge >= 0.3 is 5.97 Å². The second-order valence-electron chi connectivity index (χ2n) is 5.46. The fourth-order valence-electron chi connectivity index (χ4n) is 2.85. The van der Waals surface area contributed by atoms with Gasteiger partial charge in [-0.3, -0.25) is 4.79 Å². The minimum absolute atomic E-state index is 0.240. The Morgan fingerprint density at radius 2 is 2.05 bits per heavy atom. The van der Waals surface area contributed by atoms with Crippen LogP contribution in [-0.4, -0.2) is 37.5 Å². The van der Waals surface area contributed by atoms with Gasteiger partial charge < -0.3 is 14.6 Å². The fourth-order valence-corrected chi connectivity index (χ4v) is 2.85. The van der Waals surface area contributed by atoms with Gasteiger partial charge in [0.2, 0.25) is 5.91 Å². The summed E-state index contributed by atoms with van der Waals surface area (Å²) in [6, 6.07) is 9.11. The molecule has 1 amide bonds. The quantitative estimate of drug-likeness (QED) is 0.926. The van der Waals surface area contributed by atoms with Crippen molar-refractivity contribution in [3.8, 4) is 0 Å². The Kier molecular flexibility index (Phi) is 3.66. The van der Waals surface area contributed by atoms with Crippen LogP contribution in [0.4, 0.5) is 0 Å². The van der Waals surface area contributed by atoms with Gasteiger partial charge in [-0.25, -0.2) is 9.78 Å². The molecular formula is C16H17N3O3. The van der Waals surface area contributed by atoms with Crippen LogP contribution in [-0.2, 0) is 29.1 Å². The highest BCUT2D eigenvalue weighted by Crippen LogP contribution is 2.23.